The number of hydrogen-bond donors (Lipinski definition) is 1. The molecule has 0 radical (unpaired) electrons. The van der Waals surface area contributed by atoms with E-state index in [9.17, 15) is 31.7 Å². The van der Waals surface area contributed by atoms with Crippen LogP contribution < -0.4 is 5.32 Å². The Kier molecular flexibility index (Phi) is 10.2. The number of urea groups is 1. The van der Waals surface area contributed by atoms with Crippen molar-refractivity contribution in [3.05, 3.63) is 117 Å². The molecule has 4 aromatic rings. The molecule has 0 bridgehead atoms. The molecule has 6 nitrogen and oxygen atoms in total. The average Bonchev–Trinajstić information content (AvgIpc) is 3.35. The van der Waals surface area contributed by atoms with Gasteiger partial charge in [0, 0.05) is 28.8 Å². The number of thiophene rings is 1. The van der Waals surface area contributed by atoms with Gasteiger partial charge in [0.25, 0.3) is 5.91 Å². The van der Waals surface area contributed by atoms with Crippen LogP contribution in [-0.4, -0.2) is 30.1 Å². The summed E-state index contributed by atoms with van der Waals surface area (Å²) in [6.07, 6.45) is 4.58. The van der Waals surface area contributed by atoms with Gasteiger partial charge >= 0.3 is 6.03 Å². The number of benzene rings is 3. The highest BCUT2D eigenvalue weighted by Gasteiger charge is 2.42. The number of carbonyl (C=O) groups is 2. The molecule has 0 spiro atoms. The maximum Gasteiger partial charge on any atom is 0.332 e. The van der Waals surface area contributed by atoms with E-state index in [-0.39, 0.29) is 17.7 Å². The van der Waals surface area contributed by atoms with Gasteiger partial charge < -0.3 is 9.84 Å². The Bertz CT molecular complexity index is 1800. The molecule has 2 atom stereocenters. The highest BCUT2D eigenvalue weighted by molar-refractivity contribution is 7.59. The van der Waals surface area contributed by atoms with Crippen LogP contribution in [0.15, 0.2) is 72.4 Å². The zero-order chi connectivity index (χ0) is 31.3. The summed E-state index contributed by atoms with van der Waals surface area (Å²) in [5.74, 6) is -5.33. The van der Waals surface area contributed by atoms with Crippen molar-refractivity contribution in [2.75, 3.05) is 13.3 Å². The quantitative estimate of drug-likeness (QED) is 0.145. The molecule has 43 heavy (non-hydrogen) atoms. The summed E-state index contributed by atoms with van der Waals surface area (Å²) in [6.45, 7) is 2.90. The highest BCUT2D eigenvalue weighted by atomic mass is 35.5. The topological polar surface area (TPSA) is 75.7 Å². The lowest BCUT2D eigenvalue weighted by molar-refractivity contribution is -0.126. The first kappa shape index (κ1) is 32.2. The second kappa shape index (κ2) is 13.7. The molecule has 3 amide bonds. The molecule has 0 aliphatic rings. The van der Waals surface area contributed by atoms with E-state index in [0.29, 0.717) is 20.9 Å². The maximum atomic E-state index is 14.2. The molecule has 0 fully saturated rings. The van der Waals surface area contributed by atoms with Crippen molar-refractivity contribution in [3.63, 3.8) is 0 Å². The Morgan fingerprint density at radius 1 is 0.977 bits per heavy atom. The predicted molar refractivity (Wildman–Crippen MR) is 161 cm³/mol. The third-order valence-corrected chi connectivity index (χ3v) is 9.62. The Balaban J connectivity index is 1.76. The van der Waals surface area contributed by atoms with E-state index in [1.807, 2.05) is 0 Å². The largest absolute Gasteiger partial charge is 0.332 e. The van der Waals surface area contributed by atoms with Crippen molar-refractivity contribution >= 4 is 64.5 Å². The van der Waals surface area contributed by atoms with Gasteiger partial charge in [0.1, 0.15) is 5.66 Å². The number of rotatable bonds is 9. The Morgan fingerprint density at radius 3 is 2.21 bits per heavy atom. The molecule has 0 aliphatic heterocycles. The molecule has 1 aromatic heterocycles. The number of hydrogen-bond acceptors (Lipinski definition) is 5. The van der Waals surface area contributed by atoms with Gasteiger partial charge in [-0.05, 0) is 89.0 Å². The SMILES string of the molecule is CCOP(C)(=O)C(C(=O)N(/C=C/c1ccc(F)c(F)c1)C(=O)N/C=C/c1ccc(F)c(F)c1)c1csc2ccc(Cl)cc12. The van der Waals surface area contributed by atoms with Crippen LogP contribution in [0.25, 0.3) is 22.2 Å². The van der Waals surface area contributed by atoms with Gasteiger partial charge in [-0.1, -0.05) is 23.7 Å². The first-order valence-electron chi connectivity index (χ1n) is 12.7. The van der Waals surface area contributed by atoms with E-state index in [0.717, 1.165) is 41.4 Å². The fraction of sp³-hybridized carbons (Fsp3) is 0.133. The molecule has 1 N–H and O–H groups in total. The van der Waals surface area contributed by atoms with Gasteiger partial charge in [-0.15, -0.1) is 11.3 Å². The van der Waals surface area contributed by atoms with Gasteiger partial charge in [-0.25, -0.2) is 27.3 Å². The molecule has 0 saturated carbocycles. The second-order valence-corrected chi connectivity index (χ2v) is 13.2. The van der Waals surface area contributed by atoms with Crippen LogP contribution in [0, 0.1) is 23.3 Å². The van der Waals surface area contributed by atoms with E-state index < -0.39 is 48.2 Å². The van der Waals surface area contributed by atoms with Crippen molar-refractivity contribution in [2.45, 2.75) is 12.6 Å². The number of halogens is 5. The predicted octanol–water partition coefficient (Wildman–Crippen LogP) is 8.98. The average molecular weight is 651 g/mol. The minimum atomic E-state index is -3.80. The monoisotopic (exact) mass is 650 g/mol. The molecule has 0 aliphatic carbocycles. The van der Waals surface area contributed by atoms with E-state index in [1.54, 1.807) is 30.5 Å². The highest BCUT2D eigenvalue weighted by Crippen LogP contribution is 2.59. The van der Waals surface area contributed by atoms with Crippen molar-refractivity contribution in [3.8, 4) is 0 Å². The molecule has 13 heteroatoms. The van der Waals surface area contributed by atoms with Gasteiger partial charge in [0.05, 0.1) is 6.61 Å². The molecule has 2 unspecified atom stereocenters. The number of nitrogens with one attached hydrogen (secondary N) is 1. The van der Waals surface area contributed by atoms with Crippen molar-refractivity contribution in [1.82, 2.24) is 10.2 Å². The van der Waals surface area contributed by atoms with Crippen LogP contribution >= 0.6 is 30.3 Å². The number of imide groups is 1. The van der Waals surface area contributed by atoms with E-state index >= 15 is 0 Å². The van der Waals surface area contributed by atoms with Crippen LogP contribution in [0.2, 0.25) is 5.02 Å². The Hall–Kier alpha value is -3.76. The van der Waals surface area contributed by atoms with Crippen molar-refractivity contribution in [1.29, 1.82) is 0 Å². The zero-order valence-electron chi connectivity index (χ0n) is 22.7. The van der Waals surface area contributed by atoms with E-state index in [4.69, 9.17) is 16.1 Å². The zero-order valence-corrected chi connectivity index (χ0v) is 25.2. The summed E-state index contributed by atoms with van der Waals surface area (Å²) in [6, 6.07) is 10.1. The smallest absolute Gasteiger partial charge is 0.328 e. The van der Waals surface area contributed by atoms with Crippen LogP contribution in [0.1, 0.15) is 29.3 Å². The molecule has 4 rings (SSSR count). The minimum Gasteiger partial charge on any atom is -0.328 e. The molecular formula is C30H24ClF4N2O4PS. The van der Waals surface area contributed by atoms with Crippen molar-refractivity contribution in [2.24, 2.45) is 0 Å². The summed E-state index contributed by atoms with van der Waals surface area (Å²) in [5, 5.41) is 4.92. The molecule has 3 aromatic carbocycles. The third kappa shape index (κ3) is 7.61. The van der Waals surface area contributed by atoms with Crippen LogP contribution in [0.5, 0.6) is 0 Å². The number of amides is 3. The Labute approximate surface area is 253 Å². The summed E-state index contributed by atoms with van der Waals surface area (Å²) < 4.78 is 74.4. The summed E-state index contributed by atoms with van der Waals surface area (Å²) in [4.78, 5) is 28.2. The fourth-order valence-electron chi connectivity index (χ4n) is 4.19. The fourth-order valence-corrected chi connectivity index (χ4v) is 7.34. The van der Waals surface area contributed by atoms with Gasteiger partial charge in [0.15, 0.2) is 23.3 Å². The standard InChI is InChI=1S/C30H24ClF4N2O4PS/c1-3-41-42(2,40)28(22-17-43-27-9-6-20(31)16-21(22)27)29(38)37(13-11-19-5-8-24(33)26(35)15-19)30(39)36-12-10-18-4-7-23(32)25(34)14-18/h4-17,28H,3H2,1-2H3,(H,36,39)/b12-10+,13-11+. The molecule has 1 heterocycles. The van der Waals surface area contributed by atoms with Crippen LogP contribution in [-0.2, 0) is 13.9 Å². The molecule has 224 valence electrons. The number of nitrogens with zero attached hydrogens (tertiary/aromatic N) is 1. The maximum absolute atomic E-state index is 14.2. The lowest BCUT2D eigenvalue weighted by atomic mass is 10.1. The van der Waals surface area contributed by atoms with Crippen LogP contribution in [0.4, 0.5) is 22.4 Å². The van der Waals surface area contributed by atoms with E-state index in [1.165, 1.54) is 42.3 Å². The molecule has 0 saturated heterocycles. The minimum absolute atomic E-state index is 0.00818. The first-order valence-corrected chi connectivity index (χ1v) is 16.1. The van der Waals surface area contributed by atoms with Crippen LogP contribution in [0.3, 0.4) is 0 Å². The summed E-state index contributed by atoms with van der Waals surface area (Å²) in [7, 11) is -3.80. The van der Waals surface area contributed by atoms with E-state index in [2.05, 4.69) is 5.32 Å². The summed E-state index contributed by atoms with van der Waals surface area (Å²) in [5.41, 5.74) is -0.808. The Morgan fingerprint density at radius 2 is 1.60 bits per heavy atom. The number of carbonyl (C=O) groups excluding carboxylic acids is 2. The lowest BCUT2D eigenvalue weighted by Gasteiger charge is -2.27. The number of fused-ring (bicyclic) bond motifs is 1. The van der Waals surface area contributed by atoms with Gasteiger partial charge in [-0.3, -0.25) is 9.36 Å². The molecular weight excluding hydrogens is 627 g/mol. The summed E-state index contributed by atoms with van der Waals surface area (Å²) >= 11 is 7.49. The third-order valence-electron chi connectivity index (χ3n) is 6.19. The van der Waals surface area contributed by atoms with Gasteiger partial charge in [-0.2, -0.15) is 0 Å². The first-order chi connectivity index (χ1) is 20.4. The van der Waals surface area contributed by atoms with Crippen molar-refractivity contribution < 1.29 is 36.2 Å². The second-order valence-electron chi connectivity index (χ2n) is 9.21. The lowest BCUT2D eigenvalue weighted by Crippen LogP contribution is -2.40. The normalized spacial score (nSPS) is 13.8. The van der Waals surface area contributed by atoms with Gasteiger partial charge in [0.2, 0.25) is 7.37 Å².